The van der Waals surface area contributed by atoms with Crippen LogP contribution in [-0.2, 0) is 11.4 Å². The molecule has 0 unspecified atom stereocenters. The first-order chi connectivity index (χ1) is 11.2. The summed E-state index contributed by atoms with van der Waals surface area (Å²) in [4.78, 5) is 13.1. The lowest BCUT2D eigenvalue weighted by Gasteiger charge is -2.12. The number of methoxy groups -OCH3 is 1. The van der Waals surface area contributed by atoms with E-state index >= 15 is 0 Å². The number of hydrogen-bond acceptors (Lipinski definition) is 6. The Morgan fingerprint density at radius 2 is 1.91 bits per heavy atom. The van der Waals surface area contributed by atoms with Crippen molar-refractivity contribution in [2.24, 2.45) is 5.84 Å². The standard InChI is InChI=1S/C14H15BrN2O2.CH4N2O/c1-16-12-6-3-5-11(15)10(12)9-19-14-8-4-7-13(17-14)18-2;2-3-1-4/h3-8,16H,9H2,1-2H3;1H,2H2,(H,3,4). The zero-order chi connectivity index (χ0) is 17.1. The van der Waals surface area contributed by atoms with E-state index in [1.165, 1.54) is 0 Å². The van der Waals surface area contributed by atoms with E-state index < -0.39 is 0 Å². The monoisotopic (exact) mass is 382 g/mol. The molecular formula is C15H19BrN4O3. The predicted octanol–water partition coefficient (Wildman–Crippen LogP) is 2.08. The molecule has 2 aromatic rings. The molecule has 23 heavy (non-hydrogen) atoms. The second-order valence-electron chi connectivity index (χ2n) is 4.11. The summed E-state index contributed by atoms with van der Waals surface area (Å²) in [6, 6.07) is 11.4. The Kier molecular flexibility index (Phi) is 8.48. The van der Waals surface area contributed by atoms with Crippen molar-refractivity contribution in [3.63, 3.8) is 0 Å². The van der Waals surface area contributed by atoms with Crippen LogP contribution >= 0.6 is 15.9 Å². The van der Waals surface area contributed by atoms with E-state index in [0.717, 1.165) is 15.7 Å². The van der Waals surface area contributed by atoms with Gasteiger partial charge in [-0.25, -0.2) is 5.84 Å². The Hall–Kier alpha value is -2.32. The average molecular weight is 383 g/mol. The lowest BCUT2D eigenvalue weighted by molar-refractivity contribution is -0.109. The van der Waals surface area contributed by atoms with Gasteiger partial charge in [-0.1, -0.05) is 28.1 Å². The molecule has 0 radical (unpaired) electrons. The van der Waals surface area contributed by atoms with Gasteiger partial charge in [0, 0.05) is 34.9 Å². The average Bonchev–Trinajstić information content (AvgIpc) is 2.60. The zero-order valence-electron chi connectivity index (χ0n) is 12.9. The minimum atomic E-state index is 0.403. The van der Waals surface area contributed by atoms with Crippen LogP contribution in [0.5, 0.6) is 11.8 Å². The summed E-state index contributed by atoms with van der Waals surface area (Å²) in [6.45, 7) is 0.428. The van der Waals surface area contributed by atoms with Crippen molar-refractivity contribution in [2.75, 3.05) is 19.5 Å². The lowest BCUT2D eigenvalue weighted by Crippen LogP contribution is -2.18. The highest BCUT2D eigenvalue weighted by molar-refractivity contribution is 9.10. The van der Waals surface area contributed by atoms with Crippen LogP contribution in [0.15, 0.2) is 40.9 Å². The van der Waals surface area contributed by atoms with Crippen LogP contribution in [0, 0.1) is 0 Å². The molecule has 8 heteroatoms. The molecule has 0 aliphatic heterocycles. The Morgan fingerprint density at radius 3 is 2.52 bits per heavy atom. The van der Waals surface area contributed by atoms with Crippen LogP contribution in [0.25, 0.3) is 0 Å². The normalized spacial score (nSPS) is 9.22. The Bertz CT molecular complexity index is 625. The number of ether oxygens (including phenoxy) is 2. The number of nitrogens with two attached hydrogens (primary N) is 1. The summed E-state index contributed by atoms with van der Waals surface area (Å²) in [5, 5.41) is 3.14. The Labute approximate surface area is 143 Å². The van der Waals surface area contributed by atoms with E-state index in [2.05, 4.69) is 32.1 Å². The van der Waals surface area contributed by atoms with Gasteiger partial charge >= 0.3 is 0 Å². The second kappa shape index (κ2) is 10.4. The highest BCUT2D eigenvalue weighted by atomic mass is 79.9. The fraction of sp³-hybridized carbons (Fsp3) is 0.200. The molecule has 1 aromatic carbocycles. The largest absolute Gasteiger partial charge is 0.481 e. The van der Waals surface area contributed by atoms with Crippen molar-refractivity contribution in [3.05, 3.63) is 46.4 Å². The number of amides is 1. The van der Waals surface area contributed by atoms with Gasteiger partial charge in [-0.05, 0) is 12.1 Å². The lowest BCUT2D eigenvalue weighted by atomic mass is 10.2. The number of pyridine rings is 1. The fourth-order valence-electron chi connectivity index (χ4n) is 1.68. The summed E-state index contributed by atoms with van der Waals surface area (Å²) in [6.07, 6.45) is 0.403. The number of halogens is 1. The molecule has 124 valence electrons. The number of anilines is 1. The van der Waals surface area contributed by atoms with Crippen LogP contribution in [0.4, 0.5) is 5.69 Å². The van der Waals surface area contributed by atoms with Crippen LogP contribution in [-0.4, -0.2) is 25.6 Å². The number of nitrogens with zero attached hydrogens (tertiary/aromatic N) is 1. The highest BCUT2D eigenvalue weighted by Crippen LogP contribution is 2.26. The maximum absolute atomic E-state index is 8.94. The summed E-state index contributed by atoms with van der Waals surface area (Å²) < 4.78 is 11.8. The molecule has 1 amide bonds. The maximum Gasteiger partial charge on any atom is 0.221 e. The van der Waals surface area contributed by atoms with Crippen molar-refractivity contribution < 1.29 is 14.3 Å². The third-order valence-corrected chi connectivity index (χ3v) is 3.47. The van der Waals surface area contributed by atoms with E-state index in [9.17, 15) is 0 Å². The van der Waals surface area contributed by atoms with Crippen molar-refractivity contribution in [3.8, 4) is 11.8 Å². The molecule has 0 aliphatic carbocycles. The molecule has 1 aromatic heterocycles. The molecule has 0 saturated carbocycles. The van der Waals surface area contributed by atoms with E-state index in [1.54, 1.807) is 24.7 Å². The van der Waals surface area contributed by atoms with Crippen LogP contribution < -0.4 is 26.1 Å². The van der Waals surface area contributed by atoms with Gasteiger partial charge in [-0.3, -0.25) is 10.2 Å². The quantitative estimate of drug-likeness (QED) is 0.306. The van der Waals surface area contributed by atoms with E-state index in [4.69, 9.17) is 14.3 Å². The van der Waals surface area contributed by atoms with Gasteiger partial charge in [-0.15, -0.1) is 0 Å². The van der Waals surface area contributed by atoms with Gasteiger partial charge in [0.05, 0.1) is 7.11 Å². The molecule has 0 atom stereocenters. The number of carbonyl (C=O) groups is 1. The zero-order valence-corrected chi connectivity index (χ0v) is 14.5. The molecule has 4 N–H and O–H groups in total. The third kappa shape index (κ3) is 6.13. The number of carbonyl (C=O) groups excluding carboxylic acids is 1. The number of hydrogen-bond donors (Lipinski definition) is 3. The van der Waals surface area contributed by atoms with E-state index in [-0.39, 0.29) is 0 Å². The first-order valence-electron chi connectivity index (χ1n) is 6.65. The molecule has 7 nitrogen and oxygen atoms in total. The number of benzene rings is 1. The molecular weight excluding hydrogens is 364 g/mol. The molecule has 0 bridgehead atoms. The molecule has 0 fully saturated rings. The number of hydrazine groups is 1. The van der Waals surface area contributed by atoms with Crippen molar-refractivity contribution >= 4 is 28.0 Å². The van der Waals surface area contributed by atoms with Crippen molar-refractivity contribution in [2.45, 2.75) is 6.61 Å². The van der Waals surface area contributed by atoms with Crippen LogP contribution in [0.1, 0.15) is 5.56 Å². The Balaban J connectivity index is 0.000000593. The summed E-state index contributed by atoms with van der Waals surface area (Å²) in [5.41, 5.74) is 3.83. The van der Waals surface area contributed by atoms with E-state index in [1.807, 2.05) is 31.3 Å². The number of nitrogens with one attached hydrogen (secondary N) is 2. The molecule has 0 saturated heterocycles. The van der Waals surface area contributed by atoms with Gasteiger partial charge in [0.1, 0.15) is 6.61 Å². The van der Waals surface area contributed by atoms with Gasteiger partial charge in [0.2, 0.25) is 18.2 Å². The minimum Gasteiger partial charge on any atom is -0.481 e. The second-order valence-corrected chi connectivity index (χ2v) is 4.96. The summed E-state index contributed by atoms with van der Waals surface area (Å²) in [5.74, 6) is 5.49. The van der Waals surface area contributed by atoms with Gasteiger partial charge in [0.15, 0.2) is 0 Å². The van der Waals surface area contributed by atoms with Gasteiger partial charge < -0.3 is 14.8 Å². The molecule has 0 spiro atoms. The highest BCUT2D eigenvalue weighted by Gasteiger charge is 2.07. The van der Waals surface area contributed by atoms with Gasteiger partial charge in [0.25, 0.3) is 0 Å². The Morgan fingerprint density at radius 1 is 1.26 bits per heavy atom. The molecule has 0 aliphatic rings. The molecule has 1 heterocycles. The van der Waals surface area contributed by atoms with Crippen molar-refractivity contribution in [1.82, 2.24) is 10.4 Å². The third-order valence-electron chi connectivity index (χ3n) is 2.73. The van der Waals surface area contributed by atoms with Crippen LogP contribution in [0.2, 0.25) is 0 Å². The smallest absolute Gasteiger partial charge is 0.221 e. The topological polar surface area (TPSA) is 98.5 Å². The summed E-state index contributed by atoms with van der Waals surface area (Å²) in [7, 11) is 3.47. The predicted molar refractivity (Wildman–Crippen MR) is 92.2 cm³/mol. The first-order valence-corrected chi connectivity index (χ1v) is 7.44. The van der Waals surface area contributed by atoms with Gasteiger partial charge in [-0.2, -0.15) is 4.98 Å². The first kappa shape index (κ1) is 18.7. The van der Waals surface area contributed by atoms with Crippen LogP contribution in [0.3, 0.4) is 0 Å². The van der Waals surface area contributed by atoms with Crippen molar-refractivity contribution in [1.29, 1.82) is 0 Å². The maximum atomic E-state index is 8.94. The van der Waals surface area contributed by atoms with E-state index in [0.29, 0.717) is 24.8 Å². The minimum absolute atomic E-state index is 0.403. The SMILES string of the molecule is CNc1cccc(Br)c1COc1cccc(OC)n1.NNC=O. The summed E-state index contributed by atoms with van der Waals surface area (Å²) >= 11 is 3.52. The number of rotatable bonds is 6. The number of aromatic nitrogens is 1. The fourth-order valence-corrected chi connectivity index (χ4v) is 2.16. The molecule has 2 rings (SSSR count).